The molecule has 0 radical (unpaired) electrons. The van der Waals surface area contributed by atoms with Gasteiger partial charge in [-0.15, -0.1) is 0 Å². The Labute approximate surface area is 157 Å². The van der Waals surface area contributed by atoms with Gasteiger partial charge in [-0.1, -0.05) is 18.2 Å². The van der Waals surface area contributed by atoms with Gasteiger partial charge < -0.3 is 19.2 Å². The molecule has 1 aliphatic rings. The number of rotatable bonds is 2. The van der Waals surface area contributed by atoms with E-state index >= 15 is 0 Å². The van der Waals surface area contributed by atoms with Gasteiger partial charge in [0, 0.05) is 41.1 Å². The standard InChI is InChI=1S/C22H21N3O2/c1-24-20-8-7-15(27-2)11-14(20)12-21(24)22(26)25-10-9-17-16-5-3-4-6-18(16)23-19(17)13-25/h3-8,11-12,23H,9-10,13H2,1-2H3. The molecule has 1 aliphatic heterocycles. The molecule has 27 heavy (non-hydrogen) atoms. The number of hydrogen-bond donors (Lipinski definition) is 1. The first-order chi connectivity index (χ1) is 13.2. The summed E-state index contributed by atoms with van der Waals surface area (Å²) in [7, 11) is 3.60. The summed E-state index contributed by atoms with van der Waals surface area (Å²) < 4.78 is 7.28. The maximum atomic E-state index is 13.2. The average Bonchev–Trinajstić information content (AvgIpc) is 3.24. The van der Waals surface area contributed by atoms with Crippen molar-refractivity contribution in [1.82, 2.24) is 14.5 Å². The lowest BCUT2D eigenvalue weighted by Gasteiger charge is -2.27. The second-order valence-corrected chi connectivity index (χ2v) is 7.12. The lowest BCUT2D eigenvalue weighted by molar-refractivity contribution is 0.0724. The van der Waals surface area contributed by atoms with E-state index in [1.807, 2.05) is 46.8 Å². The molecule has 5 nitrogen and oxygen atoms in total. The Hall–Kier alpha value is -3.21. The Balaban J connectivity index is 1.49. The molecule has 2 aromatic carbocycles. The molecular formula is C22H21N3O2. The minimum absolute atomic E-state index is 0.0666. The van der Waals surface area contributed by atoms with E-state index < -0.39 is 0 Å². The molecular weight excluding hydrogens is 338 g/mol. The molecule has 5 heteroatoms. The highest BCUT2D eigenvalue weighted by molar-refractivity contribution is 5.99. The summed E-state index contributed by atoms with van der Waals surface area (Å²) in [6.07, 6.45) is 0.878. The maximum absolute atomic E-state index is 13.2. The van der Waals surface area contributed by atoms with Crippen molar-refractivity contribution in [3.05, 3.63) is 65.5 Å². The van der Waals surface area contributed by atoms with Crippen molar-refractivity contribution in [1.29, 1.82) is 0 Å². The number of aromatic nitrogens is 2. The third-order valence-corrected chi connectivity index (χ3v) is 5.64. The zero-order valence-electron chi connectivity index (χ0n) is 15.5. The molecule has 0 bridgehead atoms. The highest BCUT2D eigenvalue weighted by Gasteiger charge is 2.26. The number of H-pyrrole nitrogens is 1. The van der Waals surface area contributed by atoms with Crippen LogP contribution in [-0.2, 0) is 20.0 Å². The van der Waals surface area contributed by atoms with Crippen LogP contribution in [0.4, 0.5) is 0 Å². The summed E-state index contributed by atoms with van der Waals surface area (Å²) in [6.45, 7) is 1.35. The normalized spacial score (nSPS) is 13.9. The first kappa shape index (κ1) is 16.0. The summed E-state index contributed by atoms with van der Waals surface area (Å²) >= 11 is 0. The van der Waals surface area contributed by atoms with Gasteiger partial charge in [-0.25, -0.2) is 0 Å². The van der Waals surface area contributed by atoms with E-state index in [1.165, 1.54) is 10.9 Å². The van der Waals surface area contributed by atoms with E-state index in [9.17, 15) is 4.79 Å². The minimum atomic E-state index is 0.0666. The fourth-order valence-electron chi connectivity index (χ4n) is 4.19. The van der Waals surface area contributed by atoms with Crippen LogP contribution in [0, 0.1) is 0 Å². The molecule has 0 saturated carbocycles. The molecule has 1 amide bonds. The lowest BCUT2D eigenvalue weighted by atomic mass is 10.0. The molecule has 0 unspecified atom stereocenters. The quantitative estimate of drug-likeness (QED) is 0.591. The number of fused-ring (bicyclic) bond motifs is 4. The largest absolute Gasteiger partial charge is 0.497 e. The molecule has 0 fully saturated rings. The topological polar surface area (TPSA) is 50.3 Å². The Morgan fingerprint density at radius 3 is 2.85 bits per heavy atom. The van der Waals surface area contributed by atoms with Crippen LogP contribution in [-0.4, -0.2) is 34.0 Å². The fraction of sp³-hybridized carbons (Fsp3) is 0.227. The van der Waals surface area contributed by atoms with Crippen molar-refractivity contribution >= 4 is 27.7 Å². The van der Waals surface area contributed by atoms with Crippen LogP contribution >= 0.6 is 0 Å². The molecule has 0 atom stereocenters. The SMILES string of the molecule is COc1ccc2c(c1)cc(C(=O)N1CCc3c([nH]c4ccccc34)C1)n2C. The van der Waals surface area contributed by atoms with Crippen molar-refractivity contribution in [2.24, 2.45) is 7.05 Å². The number of nitrogens with zero attached hydrogens (tertiary/aromatic N) is 2. The van der Waals surface area contributed by atoms with Crippen molar-refractivity contribution in [2.75, 3.05) is 13.7 Å². The van der Waals surface area contributed by atoms with Gasteiger partial charge in [0.2, 0.25) is 0 Å². The van der Waals surface area contributed by atoms with Crippen molar-refractivity contribution in [3.8, 4) is 5.75 Å². The van der Waals surface area contributed by atoms with Crippen molar-refractivity contribution < 1.29 is 9.53 Å². The number of aromatic amines is 1. The second-order valence-electron chi connectivity index (χ2n) is 7.12. The average molecular weight is 359 g/mol. The first-order valence-electron chi connectivity index (χ1n) is 9.17. The number of carbonyl (C=O) groups excluding carboxylic acids is 1. The predicted octanol–water partition coefficient (Wildman–Crippen LogP) is 3.87. The number of carbonyl (C=O) groups is 1. The third kappa shape index (κ3) is 2.42. The van der Waals surface area contributed by atoms with Crippen LogP contribution in [0.25, 0.3) is 21.8 Å². The van der Waals surface area contributed by atoms with E-state index in [4.69, 9.17) is 4.74 Å². The fourth-order valence-corrected chi connectivity index (χ4v) is 4.19. The highest BCUT2D eigenvalue weighted by Crippen LogP contribution is 2.29. The van der Waals surface area contributed by atoms with Crippen LogP contribution in [0.2, 0.25) is 0 Å². The van der Waals surface area contributed by atoms with Crippen molar-refractivity contribution in [2.45, 2.75) is 13.0 Å². The Kier molecular flexibility index (Phi) is 3.50. The van der Waals surface area contributed by atoms with Crippen molar-refractivity contribution in [3.63, 3.8) is 0 Å². The molecule has 0 spiro atoms. The zero-order valence-corrected chi connectivity index (χ0v) is 15.5. The number of ether oxygens (including phenoxy) is 1. The van der Waals surface area contributed by atoms with Crippen LogP contribution in [0.15, 0.2) is 48.5 Å². The number of methoxy groups -OCH3 is 1. The van der Waals surface area contributed by atoms with Gasteiger partial charge >= 0.3 is 0 Å². The van der Waals surface area contributed by atoms with Gasteiger partial charge in [0.15, 0.2) is 0 Å². The monoisotopic (exact) mass is 359 g/mol. The highest BCUT2D eigenvalue weighted by atomic mass is 16.5. The minimum Gasteiger partial charge on any atom is -0.497 e. The second kappa shape index (κ2) is 5.91. The van der Waals surface area contributed by atoms with E-state index in [2.05, 4.69) is 23.2 Å². The Bertz CT molecular complexity index is 1190. The van der Waals surface area contributed by atoms with Gasteiger partial charge in [-0.3, -0.25) is 4.79 Å². The summed E-state index contributed by atoms with van der Waals surface area (Å²) in [4.78, 5) is 18.7. The number of para-hydroxylation sites is 1. The summed E-state index contributed by atoms with van der Waals surface area (Å²) in [5.41, 5.74) is 5.38. The van der Waals surface area contributed by atoms with Crippen LogP contribution in [0.1, 0.15) is 21.7 Å². The molecule has 2 aromatic heterocycles. The van der Waals surface area contributed by atoms with Gasteiger partial charge in [-0.2, -0.15) is 0 Å². The number of hydrogen-bond acceptors (Lipinski definition) is 2. The number of benzene rings is 2. The zero-order chi connectivity index (χ0) is 18.5. The molecule has 3 heterocycles. The molecule has 0 aliphatic carbocycles. The molecule has 0 saturated heterocycles. The predicted molar refractivity (Wildman–Crippen MR) is 106 cm³/mol. The summed E-state index contributed by atoms with van der Waals surface area (Å²) in [5.74, 6) is 0.866. The van der Waals surface area contributed by atoms with Gasteiger partial charge in [-0.05, 0) is 42.3 Å². The lowest BCUT2D eigenvalue weighted by Crippen LogP contribution is -2.36. The number of amides is 1. The Morgan fingerprint density at radius 2 is 2.00 bits per heavy atom. The Morgan fingerprint density at radius 1 is 1.15 bits per heavy atom. The molecule has 1 N–H and O–H groups in total. The smallest absolute Gasteiger partial charge is 0.270 e. The van der Waals surface area contributed by atoms with Gasteiger partial charge in [0.25, 0.3) is 5.91 Å². The third-order valence-electron chi connectivity index (χ3n) is 5.64. The summed E-state index contributed by atoms with van der Waals surface area (Å²) in [6, 6.07) is 16.2. The molecule has 136 valence electrons. The molecule has 4 aromatic rings. The van der Waals surface area contributed by atoms with Crippen LogP contribution in [0.3, 0.4) is 0 Å². The van der Waals surface area contributed by atoms with E-state index in [0.717, 1.165) is 40.8 Å². The van der Waals surface area contributed by atoms with E-state index in [0.29, 0.717) is 12.2 Å². The van der Waals surface area contributed by atoms with E-state index in [-0.39, 0.29) is 5.91 Å². The number of aryl methyl sites for hydroxylation is 1. The van der Waals surface area contributed by atoms with E-state index in [1.54, 1.807) is 7.11 Å². The maximum Gasteiger partial charge on any atom is 0.270 e. The number of nitrogens with one attached hydrogen (secondary N) is 1. The molecule has 5 rings (SSSR count). The summed E-state index contributed by atoms with van der Waals surface area (Å²) in [5, 5.41) is 2.29. The first-order valence-corrected chi connectivity index (χ1v) is 9.17. The van der Waals surface area contributed by atoms with Gasteiger partial charge in [0.05, 0.1) is 13.7 Å². The van der Waals surface area contributed by atoms with Crippen LogP contribution < -0.4 is 4.74 Å². The van der Waals surface area contributed by atoms with Crippen LogP contribution in [0.5, 0.6) is 5.75 Å². The van der Waals surface area contributed by atoms with Gasteiger partial charge in [0.1, 0.15) is 11.4 Å².